The number of aryl methyl sites for hydroxylation is 2. The quantitative estimate of drug-likeness (QED) is 0.227. The lowest BCUT2D eigenvalue weighted by Crippen LogP contribution is -2.27. The van der Waals surface area contributed by atoms with Crippen LogP contribution < -0.4 is 9.47 Å². The summed E-state index contributed by atoms with van der Waals surface area (Å²) in [5, 5.41) is -0.267. The summed E-state index contributed by atoms with van der Waals surface area (Å²) in [6, 6.07) is 19.7. The highest BCUT2D eigenvalue weighted by Crippen LogP contribution is 2.38. The lowest BCUT2D eigenvalue weighted by Gasteiger charge is -2.14. The largest absolute Gasteiger partial charge is 0.493 e. The highest BCUT2D eigenvalue weighted by Gasteiger charge is 2.35. The van der Waals surface area contributed by atoms with Crippen LogP contribution >= 0.6 is 34.4 Å². The summed E-state index contributed by atoms with van der Waals surface area (Å²) in [5.41, 5.74) is 5.08. The minimum absolute atomic E-state index is 0.259. The summed E-state index contributed by atoms with van der Waals surface area (Å²) >= 11 is 3.15. The third-order valence-electron chi connectivity index (χ3n) is 5.39. The maximum Gasteiger partial charge on any atom is 0.293 e. The van der Waals surface area contributed by atoms with Gasteiger partial charge in [0.1, 0.15) is 6.61 Å². The van der Waals surface area contributed by atoms with Crippen LogP contribution in [0.25, 0.3) is 6.08 Å². The van der Waals surface area contributed by atoms with Crippen LogP contribution in [-0.2, 0) is 17.9 Å². The Morgan fingerprint density at radius 3 is 2.18 bits per heavy atom. The van der Waals surface area contributed by atoms with E-state index in [9.17, 15) is 9.59 Å². The van der Waals surface area contributed by atoms with Crippen molar-refractivity contribution in [3.63, 3.8) is 0 Å². The zero-order valence-corrected chi connectivity index (χ0v) is 22.1. The van der Waals surface area contributed by atoms with E-state index in [1.807, 2.05) is 62.4 Å². The fourth-order valence-electron chi connectivity index (χ4n) is 3.47. The predicted octanol–water partition coefficient (Wildman–Crippen LogP) is 6.73. The van der Waals surface area contributed by atoms with Crippen LogP contribution in [0.15, 0.2) is 65.6 Å². The van der Waals surface area contributed by atoms with Crippen molar-refractivity contribution in [3.05, 3.63) is 97.0 Å². The van der Waals surface area contributed by atoms with Crippen molar-refractivity contribution in [2.75, 3.05) is 7.11 Å². The van der Waals surface area contributed by atoms with E-state index in [1.54, 1.807) is 13.2 Å². The number of benzene rings is 3. The van der Waals surface area contributed by atoms with Gasteiger partial charge in [0.25, 0.3) is 11.1 Å². The smallest absolute Gasteiger partial charge is 0.293 e. The highest BCUT2D eigenvalue weighted by atomic mass is 127. The summed E-state index contributed by atoms with van der Waals surface area (Å²) in [6.45, 7) is 4.73. The number of thioether (sulfide) groups is 1. The molecule has 1 fully saturated rings. The van der Waals surface area contributed by atoms with Gasteiger partial charge >= 0.3 is 0 Å². The number of rotatable bonds is 7. The number of nitrogens with zero attached hydrogens (tertiary/aromatic N) is 1. The molecule has 0 N–H and O–H groups in total. The molecule has 34 heavy (non-hydrogen) atoms. The Labute approximate surface area is 217 Å². The molecular weight excluding hydrogens is 561 g/mol. The summed E-state index contributed by atoms with van der Waals surface area (Å²) in [7, 11) is 1.59. The van der Waals surface area contributed by atoms with Gasteiger partial charge in [-0.15, -0.1) is 0 Å². The summed E-state index contributed by atoms with van der Waals surface area (Å²) in [6.07, 6.45) is 1.73. The zero-order valence-electron chi connectivity index (χ0n) is 19.1. The molecule has 2 amide bonds. The second-order valence-corrected chi connectivity index (χ2v) is 10.2. The van der Waals surface area contributed by atoms with Gasteiger partial charge in [-0.1, -0.05) is 59.7 Å². The van der Waals surface area contributed by atoms with Crippen LogP contribution in [0, 0.1) is 17.4 Å². The van der Waals surface area contributed by atoms with E-state index in [-0.39, 0.29) is 17.7 Å². The van der Waals surface area contributed by atoms with Gasteiger partial charge in [-0.2, -0.15) is 0 Å². The summed E-state index contributed by atoms with van der Waals surface area (Å²) in [4.78, 5) is 27.1. The van der Waals surface area contributed by atoms with Crippen molar-refractivity contribution in [2.45, 2.75) is 27.0 Å². The molecule has 1 aliphatic heterocycles. The number of imide groups is 1. The average Bonchev–Trinajstić information content (AvgIpc) is 3.07. The van der Waals surface area contributed by atoms with Gasteiger partial charge in [-0.05, 0) is 83.1 Å². The number of hydrogen-bond donors (Lipinski definition) is 0. The van der Waals surface area contributed by atoms with Crippen LogP contribution in [0.3, 0.4) is 0 Å². The number of halogens is 1. The molecule has 0 atom stereocenters. The fourth-order valence-corrected chi connectivity index (χ4v) is 5.09. The Balaban J connectivity index is 1.52. The Morgan fingerprint density at radius 1 is 0.941 bits per heavy atom. The molecule has 0 unspecified atom stereocenters. The first-order valence-electron chi connectivity index (χ1n) is 10.7. The average molecular weight is 585 g/mol. The molecule has 0 aromatic heterocycles. The van der Waals surface area contributed by atoms with Gasteiger partial charge < -0.3 is 9.47 Å². The standard InChI is InChI=1S/C27H24INO4S/c1-17-4-8-19(9-5-17)15-29-26(30)24(34-27(29)31)14-21-12-22(28)25(23(13-21)32-3)33-16-20-10-6-18(2)7-11-20/h4-14H,15-16H2,1-3H3/b24-14-. The van der Waals surface area contributed by atoms with Gasteiger partial charge in [0.05, 0.1) is 22.1 Å². The van der Waals surface area contributed by atoms with Crippen LogP contribution in [-0.4, -0.2) is 23.2 Å². The third-order valence-corrected chi connectivity index (χ3v) is 7.10. The predicted molar refractivity (Wildman–Crippen MR) is 144 cm³/mol. The van der Waals surface area contributed by atoms with Crippen molar-refractivity contribution in [1.82, 2.24) is 4.90 Å². The first-order chi connectivity index (χ1) is 16.3. The molecule has 0 radical (unpaired) electrons. The molecule has 1 heterocycles. The van der Waals surface area contributed by atoms with Gasteiger partial charge in [0, 0.05) is 0 Å². The van der Waals surface area contributed by atoms with Crippen molar-refractivity contribution in [1.29, 1.82) is 0 Å². The minimum Gasteiger partial charge on any atom is -0.493 e. The number of hydrogen-bond acceptors (Lipinski definition) is 5. The molecular formula is C27H24INO4S. The Kier molecular flexibility index (Phi) is 7.63. The van der Waals surface area contributed by atoms with Crippen LogP contribution in [0.1, 0.15) is 27.8 Å². The van der Waals surface area contributed by atoms with E-state index in [2.05, 4.69) is 34.7 Å². The van der Waals surface area contributed by atoms with Crippen LogP contribution in [0.5, 0.6) is 11.5 Å². The third kappa shape index (κ3) is 5.64. The van der Waals surface area contributed by atoms with E-state index in [0.29, 0.717) is 23.0 Å². The monoisotopic (exact) mass is 585 g/mol. The normalized spacial score (nSPS) is 14.7. The van der Waals surface area contributed by atoms with Gasteiger partial charge in [0.15, 0.2) is 11.5 Å². The Hall–Kier alpha value is -2.78. The van der Waals surface area contributed by atoms with E-state index >= 15 is 0 Å². The van der Waals surface area contributed by atoms with Crippen molar-refractivity contribution in [3.8, 4) is 11.5 Å². The number of methoxy groups -OCH3 is 1. The van der Waals surface area contributed by atoms with Gasteiger partial charge in [-0.3, -0.25) is 14.5 Å². The van der Waals surface area contributed by atoms with Crippen molar-refractivity contribution in [2.24, 2.45) is 0 Å². The molecule has 0 aliphatic carbocycles. The molecule has 0 bridgehead atoms. The molecule has 1 aliphatic rings. The molecule has 0 spiro atoms. The van der Waals surface area contributed by atoms with Crippen molar-refractivity contribution < 1.29 is 19.1 Å². The molecule has 5 nitrogen and oxygen atoms in total. The maximum absolute atomic E-state index is 12.9. The van der Waals surface area contributed by atoms with E-state index in [4.69, 9.17) is 9.47 Å². The lowest BCUT2D eigenvalue weighted by molar-refractivity contribution is -0.123. The number of amides is 2. The summed E-state index contributed by atoms with van der Waals surface area (Å²) in [5.74, 6) is 0.932. The second kappa shape index (κ2) is 10.7. The Morgan fingerprint density at radius 2 is 1.56 bits per heavy atom. The first-order valence-corrected chi connectivity index (χ1v) is 12.6. The van der Waals surface area contributed by atoms with E-state index in [0.717, 1.165) is 37.6 Å². The number of ether oxygens (including phenoxy) is 2. The number of carbonyl (C=O) groups is 2. The molecule has 1 saturated heterocycles. The molecule has 3 aromatic carbocycles. The molecule has 174 valence electrons. The zero-order chi connectivity index (χ0) is 24.2. The van der Waals surface area contributed by atoms with Crippen LogP contribution in [0.4, 0.5) is 4.79 Å². The lowest BCUT2D eigenvalue weighted by atomic mass is 10.1. The van der Waals surface area contributed by atoms with Crippen molar-refractivity contribution >= 4 is 51.6 Å². The minimum atomic E-state index is -0.288. The SMILES string of the molecule is COc1cc(/C=C2\SC(=O)N(Cc3ccc(C)cc3)C2=O)cc(I)c1OCc1ccc(C)cc1. The first kappa shape index (κ1) is 24.3. The van der Waals surface area contributed by atoms with E-state index in [1.165, 1.54) is 10.5 Å². The molecule has 3 aromatic rings. The van der Waals surface area contributed by atoms with E-state index < -0.39 is 0 Å². The molecule has 7 heteroatoms. The highest BCUT2D eigenvalue weighted by molar-refractivity contribution is 14.1. The van der Waals surface area contributed by atoms with Gasteiger partial charge in [-0.25, -0.2) is 0 Å². The fraction of sp³-hybridized carbons (Fsp3) is 0.185. The topological polar surface area (TPSA) is 55.8 Å². The Bertz CT molecular complexity index is 1250. The molecule has 4 rings (SSSR count). The molecule has 0 saturated carbocycles. The maximum atomic E-state index is 12.9. The van der Waals surface area contributed by atoms with Gasteiger partial charge in [0.2, 0.25) is 0 Å². The van der Waals surface area contributed by atoms with Crippen LogP contribution in [0.2, 0.25) is 0 Å². The number of carbonyl (C=O) groups excluding carboxylic acids is 2. The summed E-state index contributed by atoms with van der Waals surface area (Å²) < 4.78 is 12.5. The second-order valence-electron chi connectivity index (χ2n) is 8.06.